The number of nitrogens with zero attached hydrogens (tertiary/aromatic N) is 2. The first-order chi connectivity index (χ1) is 18.4. The van der Waals surface area contributed by atoms with Crippen LogP contribution >= 0.6 is 50.9 Å². The van der Waals surface area contributed by atoms with E-state index >= 15 is 0 Å². The molecule has 0 N–H and O–H groups in total. The summed E-state index contributed by atoms with van der Waals surface area (Å²) in [4.78, 5) is 36.6. The van der Waals surface area contributed by atoms with Gasteiger partial charge in [0.25, 0.3) is 16.8 Å². The lowest BCUT2D eigenvalue weighted by molar-refractivity contribution is -0.385. The molecule has 2 amide bonds. The second kappa shape index (κ2) is 11.6. The number of non-ortho nitro benzene ring substituents is 1. The summed E-state index contributed by atoms with van der Waals surface area (Å²) in [5, 5.41) is 11.2. The highest BCUT2D eigenvalue weighted by atomic mass is 79.9. The van der Waals surface area contributed by atoms with Gasteiger partial charge in [-0.15, -0.1) is 0 Å². The van der Waals surface area contributed by atoms with Gasteiger partial charge in [-0.05, 0) is 75.2 Å². The number of carbonyl (C=O) groups excluding carboxylic acids is 2. The Morgan fingerprint density at radius 2 is 1.85 bits per heavy atom. The topological polar surface area (TPSA) is 133 Å². The summed E-state index contributed by atoms with van der Waals surface area (Å²) in [5.41, 5.74) is 0.594. The predicted octanol–water partition coefficient (Wildman–Crippen LogP) is 6.68. The molecule has 202 valence electrons. The van der Waals surface area contributed by atoms with Crippen LogP contribution in [0.15, 0.2) is 68.9 Å². The molecule has 3 aromatic rings. The number of imide groups is 1. The van der Waals surface area contributed by atoms with Crippen LogP contribution in [0.4, 0.5) is 10.5 Å². The van der Waals surface area contributed by atoms with Crippen LogP contribution in [0.1, 0.15) is 11.1 Å². The molecule has 0 spiro atoms. The fourth-order valence-electron chi connectivity index (χ4n) is 3.42. The highest BCUT2D eigenvalue weighted by Gasteiger charge is 2.35. The number of hydrogen-bond donors (Lipinski definition) is 0. The Bertz CT molecular complexity index is 1660. The van der Waals surface area contributed by atoms with Gasteiger partial charge in [-0.25, -0.2) is 0 Å². The number of carbonyl (C=O) groups is 2. The number of rotatable bonds is 8. The highest BCUT2D eigenvalue weighted by Crippen LogP contribution is 2.41. The van der Waals surface area contributed by atoms with Crippen molar-refractivity contribution in [1.82, 2.24) is 4.90 Å². The van der Waals surface area contributed by atoms with Gasteiger partial charge < -0.3 is 8.92 Å². The first kappa shape index (κ1) is 28.9. The average molecular weight is 674 g/mol. The lowest BCUT2D eigenvalue weighted by atomic mass is 10.1. The fraction of sp³-hybridized carbons (Fsp3) is 0.0833. The van der Waals surface area contributed by atoms with E-state index in [1.165, 1.54) is 31.4 Å². The van der Waals surface area contributed by atoms with Crippen LogP contribution in [0, 0.1) is 10.1 Å². The molecule has 0 radical (unpaired) electrons. The molecule has 4 rings (SSSR count). The molecule has 1 heterocycles. The van der Waals surface area contributed by atoms with Crippen molar-refractivity contribution in [3.63, 3.8) is 0 Å². The van der Waals surface area contributed by atoms with Crippen molar-refractivity contribution in [3.05, 3.63) is 95.3 Å². The standard InChI is InChI=1S/C24H15BrCl2N2O8S2/c1-36-20-9-14(7-17(25)22(20)37-39(34,35)16-4-2-3-15(11-16)29(32)33)10-21-23(30)28(24(31)38-21)12-13-5-6-18(26)19(27)8-13/h2-11H,12H2,1H3/b21-10-. The minimum Gasteiger partial charge on any atom is -0.493 e. The molecular formula is C24H15BrCl2N2O8S2. The van der Waals surface area contributed by atoms with Gasteiger partial charge in [-0.2, -0.15) is 8.42 Å². The molecule has 10 nitrogen and oxygen atoms in total. The fourth-order valence-corrected chi connectivity index (χ4v) is 6.23. The first-order valence-electron chi connectivity index (χ1n) is 10.7. The molecular weight excluding hydrogens is 659 g/mol. The van der Waals surface area contributed by atoms with Crippen LogP contribution in [0.25, 0.3) is 6.08 Å². The maximum atomic E-state index is 13.0. The van der Waals surface area contributed by atoms with E-state index in [-0.39, 0.29) is 27.4 Å². The van der Waals surface area contributed by atoms with Gasteiger partial charge in [-0.1, -0.05) is 35.3 Å². The second-order valence-corrected chi connectivity index (χ2v) is 12.1. The maximum absolute atomic E-state index is 13.0. The minimum absolute atomic E-state index is 0.00576. The number of methoxy groups -OCH3 is 1. The normalized spacial score (nSPS) is 14.7. The number of halogens is 3. The number of nitro benzene ring substituents is 1. The Labute approximate surface area is 244 Å². The number of thioether (sulfide) groups is 1. The molecule has 15 heteroatoms. The van der Waals surface area contributed by atoms with E-state index in [1.807, 2.05) is 0 Å². The number of amides is 2. The lowest BCUT2D eigenvalue weighted by Gasteiger charge is -2.14. The van der Waals surface area contributed by atoms with Crippen LogP contribution in [-0.2, 0) is 21.5 Å². The molecule has 0 atom stereocenters. The van der Waals surface area contributed by atoms with Crippen molar-refractivity contribution >= 4 is 83.9 Å². The van der Waals surface area contributed by atoms with E-state index in [9.17, 15) is 28.1 Å². The third-order valence-electron chi connectivity index (χ3n) is 5.26. The van der Waals surface area contributed by atoms with Crippen molar-refractivity contribution < 1.29 is 31.9 Å². The van der Waals surface area contributed by atoms with Gasteiger partial charge in [0.15, 0.2) is 11.5 Å². The Kier molecular flexibility index (Phi) is 8.57. The van der Waals surface area contributed by atoms with E-state index < -0.39 is 36.8 Å². The Hall–Kier alpha value is -3.10. The van der Waals surface area contributed by atoms with Gasteiger partial charge in [-0.3, -0.25) is 24.6 Å². The Balaban J connectivity index is 1.60. The lowest BCUT2D eigenvalue weighted by Crippen LogP contribution is -2.27. The molecule has 3 aromatic carbocycles. The molecule has 0 saturated carbocycles. The average Bonchev–Trinajstić information content (AvgIpc) is 3.14. The summed E-state index contributed by atoms with van der Waals surface area (Å²) in [6, 6.07) is 12.1. The maximum Gasteiger partial charge on any atom is 0.339 e. The van der Waals surface area contributed by atoms with Crippen LogP contribution < -0.4 is 8.92 Å². The van der Waals surface area contributed by atoms with Crippen LogP contribution in [-0.4, -0.2) is 36.5 Å². The summed E-state index contributed by atoms with van der Waals surface area (Å²) < 4.78 is 36.3. The van der Waals surface area contributed by atoms with Crippen molar-refractivity contribution in [1.29, 1.82) is 0 Å². The Morgan fingerprint density at radius 3 is 2.51 bits per heavy atom. The first-order valence-corrected chi connectivity index (χ1v) is 14.4. The molecule has 0 unspecified atom stereocenters. The second-order valence-electron chi connectivity index (χ2n) is 7.84. The summed E-state index contributed by atoms with van der Waals surface area (Å²) in [5.74, 6) is -0.756. The van der Waals surface area contributed by atoms with E-state index in [1.54, 1.807) is 18.2 Å². The zero-order chi connectivity index (χ0) is 28.5. The van der Waals surface area contributed by atoms with Crippen molar-refractivity contribution in [2.24, 2.45) is 0 Å². The monoisotopic (exact) mass is 672 g/mol. The van der Waals surface area contributed by atoms with Gasteiger partial charge >= 0.3 is 10.1 Å². The zero-order valence-corrected chi connectivity index (χ0v) is 24.3. The van der Waals surface area contributed by atoms with Gasteiger partial charge in [0, 0.05) is 12.1 Å². The minimum atomic E-state index is -4.48. The van der Waals surface area contributed by atoms with E-state index in [4.69, 9.17) is 32.1 Å². The predicted molar refractivity (Wildman–Crippen MR) is 150 cm³/mol. The molecule has 0 aromatic heterocycles. The van der Waals surface area contributed by atoms with Crippen LogP contribution in [0.2, 0.25) is 10.0 Å². The molecule has 1 fully saturated rings. The third kappa shape index (κ3) is 6.39. The van der Waals surface area contributed by atoms with Crippen LogP contribution in [0.5, 0.6) is 11.5 Å². The van der Waals surface area contributed by atoms with Crippen molar-refractivity contribution in [2.75, 3.05) is 7.11 Å². The SMILES string of the molecule is COc1cc(/C=C2\SC(=O)N(Cc3ccc(Cl)c(Cl)c3)C2=O)cc(Br)c1OS(=O)(=O)c1cccc([N+](=O)[O-])c1. The third-order valence-corrected chi connectivity index (χ3v) is 8.71. The largest absolute Gasteiger partial charge is 0.493 e. The highest BCUT2D eigenvalue weighted by molar-refractivity contribution is 9.10. The summed E-state index contributed by atoms with van der Waals surface area (Å²) in [6.45, 7) is -0.00576. The summed E-state index contributed by atoms with van der Waals surface area (Å²) in [7, 11) is -3.19. The quantitative estimate of drug-likeness (QED) is 0.111. The van der Waals surface area contributed by atoms with Gasteiger partial charge in [0.1, 0.15) is 4.90 Å². The van der Waals surface area contributed by atoms with E-state index in [0.29, 0.717) is 21.2 Å². The Morgan fingerprint density at radius 1 is 1.10 bits per heavy atom. The molecule has 0 bridgehead atoms. The molecule has 1 saturated heterocycles. The van der Waals surface area contributed by atoms with Gasteiger partial charge in [0.2, 0.25) is 0 Å². The van der Waals surface area contributed by atoms with Crippen LogP contribution in [0.3, 0.4) is 0 Å². The number of benzene rings is 3. The summed E-state index contributed by atoms with van der Waals surface area (Å²) in [6.07, 6.45) is 1.45. The number of hydrogen-bond acceptors (Lipinski definition) is 9. The molecule has 1 aliphatic rings. The molecule has 1 aliphatic heterocycles. The smallest absolute Gasteiger partial charge is 0.339 e. The van der Waals surface area contributed by atoms with E-state index in [2.05, 4.69) is 15.9 Å². The van der Waals surface area contributed by atoms with Crippen molar-refractivity contribution in [2.45, 2.75) is 11.4 Å². The molecule has 0 aliphatic carbocycles. The zero-order valence-electron chi connectivity index (χ0n) is 19.6. The van der Waals surface area contributed by atoms with E-state index in [0.717, 1.165) is 34.9 Å². The van der Waals surface area contributed by atoms with Gasteiger partial charge in [0.05, 0.1) is 38.0 Å². The summed E-state index contributed by atoms with van der Waals surface area (Å²) >= 11 is 15.9. The number of nitro groups is 1. The number of ether oxygens (including phenoxy) is 1. The molecule has 39 heavy (non-hydrogen) atoms. The van der Waals surface area contributed by atoms with Crippen molar-refractivity contribution in [3.8, 4) is 11.5 Å².